The van der Waals surface area contributed by atoms with Crippen molar-refractivity contribution in [3.05, 3.63) is 35.4 Å². The summed E-state index contributed by atoms with van der Waals surface area (Å²) >= 11 is 0. The molecule has 8 heteroatoms. The number of hydrogen-bond donors (Lipinski definition) is 2. The molecule has 28 heavy (non-hydrogen) atoms. The average molecular weight is 387 g/mol. The Labute approximate surface area is 165 Å². The van der Waals surface area contributed by atoms with Gasteiger partial charge in [-0.25, -0.2) is 9.67 Å². The second-order valence-corrected chi connectivity index (χ2v) is 6.82. The van der Waals surface area contributed by atoms with Crippen LogP contribution < -0.4 is 20.1 Å². The number of aromatic nitrogens is 3. The van der Waals surface area contributed by atoms with Crippen LogP contribution in [0.1, 0.15) is 37.5 Å². The van der Waals surface area contributed by atoms with Crippen LogP contribution in [0.15, 0.2) is 18.2 Å². The molecule has 0 saturated carbocycles. The predicted octanol–water partition coefficient (Wildman–Crippen LogP) is 1.47. The summed E-state index contributed by atoms with van der Waals surface area (Å²) in [6.07, 6.45) is 2.86. The monoisotopic (exact) mass is 387 g/mol. The van der Waals surface area contributed by atoms with E-state index < -0.39 is 0 Å². The third kappa shape index (κ3) is 5.01. The molecule has 1 aromatic carbocycles. The Morgan fingerprint density at radius 2 is 2.18 bits per heavy atom. The van der Waals surface area contributed by atoms with Crippen LogP contribution in [0.2, 0.25) is 0 Å². The molecule has 152 valence electrons. The third-order valence-electron chi connectivity index (χ3n) is 4.77. The standard InChI is InChI=1S/C20H29N5O3/c1-4-18-23-19-9-7-15(12-25(19)24-18)22-11-14-6-8-16(17(10-14)27-3)28-13-20(26)21-5-2/h6,8,10,15,22H,4-5,7,9,11-13H2,1-3H3,(H,21,26). The lowest BCUT2D eigenvalue weighted by molar-refractivity contribution is -0.123. The highest BCUT2D eigenvalue weighted by Gasteiger charge is 2.21. The molecule has 8 nitrogen and oxygen atoms in total. The third-order valence-corrected chi connectivity index (χ3v) is 4.77. The Kier molecular flexibility index (Phi) is 6.86. The van der Waals surface area contributed by atoms with Gasteiger partial charge in [0.1, 0.15) is 5.82 Å². The van der Waals surface area contributed by atoms with Gasteiger partial charge in [0.05, 0.1) is 13.7 Å². The maximum atomic E-state index is 11.6. The minimum atomic E-state index is -0.147. The molecule has 1 aliphatic heterocycles. The number of hydrogen-bond acceptors (Lipinski definition) is 6. The number of aryl methyl sites for hydroxylation is 2. The summed E-state index contributed by atoms with van der Waals surface area (Å²) in [5.41, 5.74) is 1.10. The average Bonchev–Trinajstić information content (AvgIpc) is 3.13. The SMILES string of the molecule is CCNC(=O)COc1ccc(CNC2CCc3nc(CC)nn3C2)cc1OC. The predicted molar refractivity (Wildman–Crippen MR) is 106 cm³/mol. The topological polar surface area (TPSA) is 90.3 Å². The number of carbonyl (C=O) groups is 1. The van der Waals surface area contributed by atoms with Gasteiger partial charge in [-0.3, -0.25) is 4.79 Å². The van der Waals surface area contributed by atoms with E-state index in [-0.39, 0.29) is 12.5 Å². The molecule has 0 radical (unpaired) electrons. The Bertz CT molecular complexity index is 805. The number of amides is 1. The maximum Gasteiger partial charge on any atom is 0.257 e. The van der Waals surface area contributed by atoms with Gasteiger partial charge in [-0.1, -0.05) is 13.0 Å². The van der Waals surface area contributed by atoms with E-state index in [9.17, 15) is 4.79 Å². The fraction of sp³-hybridized carbons (Fsp3) is 0.550. The summed E-state index contributed by atoms with van der Waals surface area (Å²) in [6.45, 7) is 6.08. The van der Waals surface area contributed by atoms with Crippen molar-refractivity contribution in [2.24, 2.45) is 0 Å². The van der Waals surface area contributed by atoms with Gasteiger partial charge in [-0.2, -0.15) is 5.10 Å². The van der Waals surface area contributed by atoms with Crippen molar-refractivity contribution in [2.45, 2.75) is 52.2 Å². The largest absolute Gasteiger partial charge is 0.493 e. The Balaban J connectivity index is 1.55. The minimum Gasteiger partial charge on any atom is -0.493 e. The van der Waals surface area contributed by atoms with Crippen molar-refractivity contribution in [1.29, 1.82) is 0 Å². The molecule has 0 saturated heterocycles. The van der Waals surface area contributed by atoms with E-state index in [1.54, 1.807) is 7.11 Å². The molecule has 0 fully saturated rings. The van der Waals surface area contributed by atoms with Crippen LogP contribution in [-0.2, 0) is 30.7 Å². The van der Waals surface area contributed by atoms with Crippen LogP contribution in [0.3, 0.4) is 0 Å². The number of carbonyl (C=O) groups excluding carboxylic acids is 1. The normalized spacial score (nSPS) is 15.8. The van der Waals surface area contributed by atoms with Crippen molar-refractivity contribution in [1.82, 2.24) is 25.4 Å². The van der Waals surface area contributed by atoms with Crippen molar-refractivity contribution in [3.8, 4) is 11.5 Å². The van der Waals surface area contributed by atoms with E-state index >= 15 is 0 Å². The van der Waals surface area contributed by atoms with Gasteiger partial charge >= 0.3 is 0 Å². The Morgan fingerprint density at radius 1 is 1.32 bits per heavy atom. The van der Waals surface area contributed by atoms with Gasteiger partial charge in [0.2, 0.25) is 0 Å². The number of ether oxygens (including phenoxy) is 2. The van der Waals surface area contributed by atoms with E-state index in [0.29, 0.717) is 24.1 Å². The van der Waals surface area contributed by atoms with E-state index in [2.05, 4.69) is 27.6 Å². The molecular formula is C20H29N5O3. The number of likely N-dealkylation sites (N-methyl/N-ethyl adjacent to an activating group) is 1. The molecule has 2 aromatic rings. The van der Waals surface area contributed by atoms with Crippen LogP contribution in [-0.4, -0.2) is 47.0 Å². The minimum absolute atomic E-state index is 0.0240. The van der Waals surface area contributed by atoms with E-state index in [4.69, 9.17) is 9.47 Å². The summed E-state index contributed by atoms with van der Waals surface area (Å²) in [5, 5.41) is 10.9. The lowest BCUT2D eigenvalue weighted by Crippen LogP contribution is -2.37. The molecule has 1 atom stereocenters. The highest BCUT2D eigenvalue weighted by atomic mass is 16.5. The fourth-order valence-corrected chi connectivity index (χ4v) is 3.27. The molecular weight excluding hydrogens is 358 g/mol. The van der Waals surface area contributed by atoms with E-state index in [1.165, 1.54) is 0 Å². The number of methoxy groups -OCH3 is 1. The molecule has 0 bridgehead atoms. The summed E-state index contributed by atoms with van der Waals surface area (Å²) in [6, 6.07) is 6.14. The molecule has 0 aliphatic carbocycles. The summed E-state index contributed by atoms with van der Waals surface area (Å²) in [5.74, 6) is 3.05. The highest BCUT2D eigenvalue weighted by Crippen LogP contribution is 2.28. The second-order valence-electron chi connectivity index (χ2n) is 6.82. The zero-order valence-corrected chi connectivity index (χ0v) is 16.8. The molecule has 2 N–H and O–H groups in total. The van der Waals surface area contributed by atoms with Gasteiger partial charge in [0, 0.05) is 32.0 Å². The van der Waals surface area contributed by atoms with Crippen LogP contribution in [0, 0.1) is 0 Å². The van der Waals surface area contributed by atoms with Crippen LogP contribution in [0.25, 0.3) is 0 Å². The van der Waals surface area contributed by atoms with Gasteiger partial charge in [0.15, 0.2) is 23.9 Å². The molecule has 2 heterocycles. The molecule has 0 spiro atoms. The van der Waals surface area contributed by atoms with Gasteiger partial charge in [0.25, 0.3) is 5.91 Å². The molecule has 1 aliphatic rings. The van der Waals surface area contributed by atoms with E-state index in [1.807, 2.05) is 29.8 Å². The van der Waals surface area contributed by atoms with Crippen LogP contribution in [0.4, 0.5) is 0 Å². The Morgan fingerprint density at radius 3 is 2.93 bits per heavy atom. The molecule has 3 rings (SSSR count). The number of rotatable bonds is 9. The summed E-state index contributed by atoms with van der Waals surface area (Å²) in [7, 11) is 1.60. The zero-order valence-electron chi connectivity index (χ0n) is 16.8. The summed E-state index contributed by atoms with van der Waals surface area (Å²) in [4.78, 5) is 16.1. The Hall–Kier alpha value is -2.61. The number of benzene rings is 1. The quantitative estimate of drug-likeness (QED) is 0.677. The smallest absolute Gasteiger partial charge is 0.257 e. The number of fused-ring (bicyclic) bond motifs is 1. The van der Waals surface area contributed by atoms with Gasteiger partial charge in [-0.15, -0.1) is 0 Å². The van der Waals surface area contributed by atoms with E-state index in [0.717, 1.165) is 49.6 Å². The van der Waals surface area contributed by atoms with Gasteiger partial charge < -0.3 is 20.1 Å². The number of nitrogens with one attached hydrogen (secondary N) is 2. The zero-order chi connectivity index (χ0) is 19.9. The fourth-order valence-electron chi connectivity index (χ4n) is 3.27. The lowest BCUT2D eigenvalue weighted by atomic mass is 10.1. The van der Waals surface area contributed by atoms with Crippen molar-refractivity contribution in [3.63, 3.8) is 0 Å². The second kappa shape index (κ2) is 9.54. The molecule has 1 aromatic heterocycles. The van der Waals surface area contributed by atoms with Crippen LogP contribution >= 0.6 is 0 Å². The van der Waals surface area contributed by atoms with Crippen molar-refractivity contribution < 1.29 is 14.3 Å². The highest BCUT2D eigenvalue weighted by molar-refractivity contribution is 5.77. The molecule has 1 amide bonds. The van der Waals surface area contributed by atoms with Crippen molar-refractivity contribution in [2.75, 3.05) is 20.3 Å². The maximum absolute atomic E-state index is 11.6. The first-order valence-electron chi connectivity index (χ1n) is 9.85. The van der Waals surface area contributed by atoms with Crippen LogP contribution in [0.5, 0.6) is 11.5 Å². The first-order valence-corrected chi connectivity index (χ1v) is 9.85. The molecule has 1 unspecified atom stereocenters. The lowest BCUT2D eigenvalue weighted by Gasteiger charge is -2.23. The van der Waals surface area contributed by atoms with Crippen molar-refractivity contribution >= 4 is 5.91 Å². The first-order chi connectivity index (χ1) is 13.6. The number of nitrogens with zero attached hydrogens (tertiary/aromatic N) is 3. The van der Waals surface area contributed by atoms with Gasteiger partial charge in [-0.05, 0) is 31.0 Å². The first kappa shape index (κ1) is 20.1. The summed E-state index contributed by atoms with van der Waals surface area (Å²) < 4.78 is 13.0.